The van der Waals surface area contributed by atoms with Crippen LogP contribution in [-0.2, 0) is 4.74 Å². The number of likely N-dealkylation sites (N-methyl/N-ethyl adjacent to an activating group) is 1. The minimum Gasteiger partial charge on any atom is -0.370 e. The van der Waals surface area contributed by atoms with Crippen molar-refractivity contribution in [2.24, 2.45) is 23.7 Å². The zero-order valence-corrected chi connectivity index (χ0v) is 13.8. The first-order chi connectivity index (χ1) is 10.1. The fourth-order valence-electron chi connectivity index (χ4n) is 5.68. The van der Waals surface area contributed by atoms with E-state index >= 15 is 0 Å². The fraction of sp³-hybridized carbons (Fsp3) is 0.889. The summed E-state index contributed by atoms with van der Waals surface area (Å²) in [7, 11) is 4.95. The van der Waals surface area contributed by atoms with Crippen LogP contribution in [0.1, 0.15) is 12.8 Å². The quantitative estimate of drug-likeness (QED) is 0.567. The number of allylic oxidation sites excluding steroid dienone is 2. The Labute approximate surface area is 129 Å². The maximum atomic E-state index is 5.52. The molecule has 2 saturated heterocycles. The van der Waals surface area contributed by atoms with Crippen LogP contribution in [0.3, 0.4) is 0 Å². The summed E-state index contributed by atoms with van der Waals surface area (Å²) in [5.41, 5.74) is 0. The number of nitrogens with zero attached hydrogens (tertiary/aromatic N) is 2. The second kappa shape index (κ2) is 5.07. The lowest BCUT2D eigenvalue weighted by atomic mass is 9.86. The van der Waals surface area contributed by atoms with Crippen LogP contribution in [0.5, 0.6) is 0 Å². The van der Waals surface area contributed by atoms with Gasteiger partial charge in [-0.25, -0.2) is 0 Å². The Bertz CT molecular complexity index is 407. The molecule has 4 rings (SSSR count). The molecule has 3 heteroatoms. The minimum absolute atomic E-state index is 0.934. The molecule has 118 valence electrons. The van der Waals surface area contributed by atoms with E-state index in [0.717, 1.165) is 36.9 Å². The van der Waals surface area contributed by atoms with Crippen LogP contribution in [0, 0.1) is 23.7 Å². The van der Waals surface area contributed by atoms with Crippen molar-refractivity contribution in [2.45, 2.75) is 12.8 Å². The number of morpholine rings is 1. The van der Waals surface area contributed by atoms with Crippen LogP contribution in [0.4, 0.5) is 0 Å². The third kappa shape index (κ3) is 2.58. The van der Waals surface area contributed by atoms with Crippen molar-refractivity contribution in [3.05, 3.63) is 12.2 Å². The van der Waals surface area contributed by atoms with E-state index in [2.05, 4.69) is 26.2 Å². The molecule has 2 aliphatic heterocycles. The summed E-state index contributed by atoms with van der Waals surface area (Å²) in [4.78, 5) is 0. The first kappa shape index (κ1) is 14.2. The molecule has 4 aliphatic rings. The van der Waals surface area contributed by atoms with Gasteiger partial charge in [0, 0.05) is 18.3 Å². The third-order valence-electron chi connectivity index (χ3n) is 7.05. The Morgan fingerprint density at radius 1 is 0.905 bits per heavy atom. The molecule has 3 fully saturated rings. The summed E-state index contributed by atoms with van der Waals surface area (Å²) in [6.07, 6.45) is 7.92. The van der Waals surface area contributed by atoms with Crippen molar-refractivity contribution in [1.29, 1.82) is 0 Å². The normalized spacial score (nSPS) is 47.0. The van der Waals surface area contributed by atoms with E-state index in [0.29, 0.717) is 0 Å². The Morgan fingerprint density at radius 3 is 2.10 bits per heavy atom. The first-order valence-electron chi connectivity index (χ1n) is 9.00. The second-order valence-corrected chi connectivity index (χ2v) is 8.74. The van der Waals surface area contributed by atoms with Crippen molar-refractivity contribution in [1.82, 2.24) is 0 Å². The molecule has 0 spiro atoms. The zero-order valence-electron chi connectivity index (χ0n) is 13.8. The molecular weight excluding hydrogens is 260 g/mol. The van der Waals surface area contributed by atoms with Crippen molar-refractivity contribution in [3.8, 4) is 0 Å². The molecule has 3 nitrogen and oxygen atoms in total. The van der Waals surface area contributed by atoms with E-state index in [4.69, 9.17) is 4.74 Å². The monoisotopic (exact) mass is 292 g/mol. The largest absolute Gasteiger partial charge is 0.370 e. The molecule has 5 atom stereocenters. The number of hydrogen-bond donors (Lipinski definition) is 0. The Kier molecular flexibility index (Phi) is 3.44. The average molecular weight is 292 g/mol. The van der Waals surface area contributed by atoms with Gasteiger partial charge in [-0.1, -0.05) is 12.2 Å². The number of ether oxygens (including phenoxy) is 1. The Morgan fingerprint density at radius 2 is 1.48 bits per heavy atom. The van der Waals surface area contributed by atoms with Gasteiger partial charge in [0.05, 0.1) is 53.5 Å². The van der Waals surface area contributed by atoms with E-state index in [-0.39, 0.29) is 0 Å². The summed E-state index contributed by atoms with van der Waals surface area (Å²) < 4.78 is 8.10. The van der Waals surface area contributed by atoms with Gasteiger partial charge in [-0.15, -0.1) is 0 Å². The lowest BCUT2D eigenvalue weighted by molar-refractivity contribution is -0.929. The number of fused-ring (bicyclic) bond motifs is 5. The maximum Gasteiger partial charge on any atom is 0.102 e. The topological polar surface area (TPSA) is 9.23 Å². The highest BCUT2D eigenvalue weighted by Gasteiger charge is 2.54. The zero-order chi connectivity index (χ0) is 14.5. The van der Waals surface area contributed by atoms with E-state index < -0.39 is 0 Å². The summed E-state index contributed by atoms with van der Waals surface area (Å²) >= 11 is 0. The third-order valence-corrected chi connectivity index (χ3v) is 7.05. The molecule has 2 aliphatic carbocycles. The van der Waals surface area contributed by atoms with Crippen molar-refractivity contribution in [2.75, 3.05) is 66.6 Å². The van der Waals surface area contributed by atoms with Gasteiger partial charge < -0.3 is 13.7 Å². The lowest BCUT2D eigenvalue weighted by Gasteiger charge is -2.39. The van der Waals surface area contributed by atoms with Crippen molar-refractivity contribution >= 4 is 0 Å². The molecule has 0 amide bonds. The van der Waals surface area contributed by atoms with Gasteiger partial charge in [0.15, 0.2) is 0 Å². The molecule has 0 N–H and O–H groups in total. The highest BCUT2D eigenvalue weighted by atomic mass is 16.5. The lowest BCUT2D eigenvalue weighted by Crippen LogP contribution is -2.53. The Balaban J connectivity index is 1.30. The smallest absolute Gasteiger partial charge is 0.102 e. The fourth-order valence-corrected chi connectivity index (χ4v) is 5.68. The van der Waals surface area contributed by atoms with E-state index in [1.165, 1.54) is 61.1 Å². The maximum absolute atomic E-state index is 5.52. The highest BCUT2D eigenvalue weighted by molar-refractivity contribution is 5.14. The van der Waals surface area contributed by atoms with E-state index in [9.17, 15) is 0 Å². The molecular formula is C18H32N2O+2. The second-order valence-electron chi connectivity index (χ2n) is 8.74. The number of rotatable bonds is 4. The van der Waals surface area contributed by atoms with Gasteiger partial charge in [0.1, 0.15) is 13.1 Å². The summed E-state index contributed by atoms with van der Waals surface area (Å²) in [5, 5.41) is 0. The van der Waals surface area contributed by atoms with Gasteiger partial charge in [-0.05, 0) is 18.3 Å². The summed E-state index contributed by atoms with van der Waals surface area (Å²) in [6.45, 7) is 9.97. The molecule has 0 radical (unpaired) electrons. The van der Waals surface area contributed by atoms with Crippen molar-refractivity contribution < 1.29 is 13.7 Å². The molecule has 0 aromatic heterocycles. The molecule has 0 aromatic carbocycles. The molecule has 2 heterocycles. The number of quaternary nitrogens is 2. The first-order valence-corrected chi connectivity index (χ1v) is 9.00. The van der Waals surface area contributed by atoms with E-state index in [1.807, 2.05) is 0 Å². The molecule has 0 aromatic rings. The molecule has 1 unspecified atom stereocenters. The van der Waals surface area contributed by atoms with Gasteiger partial charge >= 0.3 is 0 Å². The van der Waals surface area contributed by atoms with Crippen LogP contribution >= 0.6 is 0 Å². The SMILES string of the molecule is C[N+]1(CCC[N+]2(C)C[C@@H]3[C@H](C2)[C@H]2C=C[C@H]3C2)CCOCC1. The molecule has 21 heavy (non-hydrogen) atoms. The van der Waals surface area contributed by atoms with Gasteiger partial charge in [0.2, 0.25) is 0 Å². The summed E-state index contributed by atoms with van der Waals surface area (Å²) in [5.74, 6) is 3.89. The highest BCUT2D eigenvalue weighted by Crippen LogP contribution is 2.52. The Hall–Kier alpha value is -0.380. The van der Waals surface area contributed by atoms with Gasteiger partial charge in [-0.3, -0.25) is 0 Å². The van der Waals surface area contributed by atoms with Crippen LogP contribution in [0.2, 0.25) is 0 Å². The standard InChI is InChI=1S/C18H32N2O/c1-19(8-10-21-11-9-19)6-3-7-20(2)13-17-15-4-5-16(12-15)18(17)14-20/h4-5,15-18H,3,6-14H2,1-2H3/q+2/t15-,16-,17-,18+,20?/m0/s1. The average Bonchev–Trinajstić information content (AvgIpc) is 3.10. The molecule has 1 saturated carbocycles. The van der Waals surface area contributed by atoms with Crippen LogP contribution in [-0.4, -0.2) is 75.5 Å². The molecule has 2 bridgehead atoms. The van der Waals surface area contributed by atoms with Crippen LogP contribution in [0.25, 0.3) is 0 Å². The number of hydrogen-bond acceptors (Lipinski definition) is 1. The minimum atomic E-state index is 0.934. The van der Waals surface area contributed by atoms with Crippen molar-refractivity contribution in [3.63, 3.8) is 0 Å². The van der Waals surface area contributed by atoms with Crippen LogP contribution < -0.4 is 0 Å². The predicted molar refractivity (Wildman–Crippen MR) is 84.7 cm³/mol. The summed E-state index contributed by atoms with van der Waals surface area (Å²) in [6, 6.07) is 0. The number of likely N-dealkylation sites (tertiary alicyclic amines) is 1. The van der Waals surface area contributed by atoms with E-state index in [1.54, 1.807) is 0 Å². The van der Waals surface area contributed by atoms with Gasteiger partial charge in [-0.2, -0.15) is 0 Å². The van der Waals surface area contributed by atoms with Gasteiger partial charge in [0.25, 0.3) is 0 Å². The predicted octanol–water partition coefficient (Wildman–Crippen LogP) is 1.75. The van der Waals surface area contributed by atoms with Crippen LogP contribution in [0.15, 0.2) is 12.2 Å².